The molecule has 1 aliphatic rings. The third-order valence-corrected chi connectivity index (χ3v) is 4.72. The highest BCUT2D eigenvalue weighted by atomic mass is 32.2. The number of hydrogen-bond acceptors (Lipinski definition) is 5. The molecule has 2 heterocycles. The van der Waals surface area contributed by atoms with E-state index in [0.29, 0.717) is 12.2 Å². The first-order chi connectivity index (χ1) is 11.1. The smallest absolute Gasteiger partial charge is 0.271 e. The zero-order valence-corrected chi connectivity index (χ0v) is 15.3. The van der Waals surface area contributed by atoms with Crippen molar-refractivity contribution in [1.29, 1.82) is 0 Å². The van der Waals surface area contributed by atoms with E-state index in [0.717, 1.165) is 36.3 Å². The molecule has 0 aromatic carbocycles. The van der Waals surface area contributed by atoms with E-state index in [-0.39, 0.29) is 5.91 Å². The van der Waals surface area contributed by atoms with Crippen molar-refractivity contribution in [3.63, 3.8) is 0 Å². The Morgan fingerprint density at radius 3 is 2.74 bits per heavy atom. The van der Waals surface area contributed by atoms with E-state index in [1.165, 1.54) is 24.8 Å². The molecule has 7 heteroatoms. The van der Waals surface area contributed by atoms with Crippen LogP contribution in [0.25, 0.3) is 0 Å². The SMILES string of the molecule is CCCCCCNC(=O)c1c(N2NC(C)=CS2)c(CC)nn1C. The fraction of sp³-hybridized carbons (Fsp3) is 0.625. The van der Waals surface area contributed by atoms with Crippen molar-refractivity contribution in [3.8, 4) is 0 Å². The standard InChI is InChI=1S/C16H27N5OS/c1-5-7-8-9-10-17-16(22)15-14(13(6-2)19-20(15)4)21-18-12(3)11-23-21/h11,18H,5-10H2,1-4H3,(H,17,22). The minimum Gasteiger partial charge on any atom is -0.351 e. The number of hydrazine groups is 1. The molecule has 0 spiro atoms. The summed E-state index contributed by atoms with van der Waals surface area (Å²) in [6.45, 7) is 6.95. The van der Waals surface area contributed by atoms with Gasteiger partial charge in [-0.05, 0) is 19.8 Å². The molecule has 1 aromatic rings. The Kier molecular flexibility index (Phi) is 6.38. The zero-order chi connectivity index (χ0) is 16.8. The molecule has 1 amide bonds. The van der Waals surface area contributed by atoms with Gasteiger partial charge in [0.15, 0.2) is 5.69 Å². The van der Waals surface area contributed by atoms with Crippen LogP contribution >= 0.6 is 11.9 Å². The quantitative estimate of drug-likeness (QED) is 0.564. The molecule has 23 heavy (non-hydrogen) atoms. The molecule has 0 saturated heterocycles. The number of rotatable bonds is 8. The molecule has 1 aromatic heterocycles. The van der Waals surface area contributed by atoms with Gasteiger partial charge in [0.1, 0.15) is 5.69 Å². The Bertz CT molecular complexity index is 581. The molecule has 0 saturated carbocycles. The molecule has 0 fully saturated rings. The summed E-state index contributed by atoms with van der Waals surface area (Å²) in [5.41, 5.74) is 6.72. The highest BCUT2D eigenvalue weighted by molar-refractivity contribution is 8.03. The molecule has 0 bridgehead atoms. The lowest BCUT2D eigenvalue weighted by molar-refractivity contribution is 0.0944. The molecule has 2 N–H and O–H groups in total. The van der Waals surface area contributed by atoms with Gasteiger partial charge in [0.2, 0.25) is 0 Å². The van der Waals surface area contributed by atoms with Crippen molar-refractivity contribution in [2.45, 2.75) is 52.9 Å². The molecule has 0 aliphatic carbocycles. The summed E-state index contributed by atoms with van der Waals surface area (Å²) in [5.74, 6) is -0.0573. The molecular weight excluding hydrogens is 310 g/mol. The maximum atomic E-state index is 12.6. The summed E-state index contributed by atoms with van der Waals surface area (Å²) in [4.78, 5) is 12.6. The van der Waals surface area contributed by atoms with Gasteiger partial charge in [0.05, 0.1) is 5.69 Å². The minimum absolute atomic E-state index is 0.0573. The number of aromatic nitrogens is 2. The molecule has 1 aliphatic heterocycles. The van der Waals surface area contributed by atoms with Crippen LogP contribution in [0, 0.1) is 0 Å². The Morgan fingerprint density at radius 1 is 1.35 bits per heavy atom. The van der Waals surface area contributed by atoms with Crippen LogP contribution < -0.4 is 15.2 Å². The highest BCUT2D eigenvalue weighted by Gasteiger charge is 2.27. The summed E-state index contributed by atoms with van der Waals surface area (Å²) in [7, 11) is 1.83. The van der Waals surface area contributed by atoms with Crippen molar-refractivity contribution in [1.82, 2.24) is 20.5 Å². The second-order valence-corrected chi connectivity index (χ2v) is 6.56. The topological polar surface area (TPSA) is 62.2 Å². The highest BCUT2D eigenvalue weighted by Crippen LogP contribution is 2.33. The fourth-order valence-corrected chi connectivity index (χ4v) is 3.38. The van der Waals surface area contributed by atoms with E-state index in [1.807, 2.05) is 23.8 Å². The number of anilines is 1. The van der Waals surface area contributed by atoms with E-state index in [1.54, 1.807) is 4.68 Å². The van der Waals surface area contributed by atoms with Crippen molar-refractivity contribution < 1.29 is 4.79 Å². The van der Waals surface area contributed by atoms with Gasteiger partial charge in [-0.25, -0.2) is 4.41 Å². The fourth-order valence-electron chi connectivity index (χ4n) is 2.57. The summed E-state index contributed by atoms with van der Waals surface area (Å²) in [5, 5.41) is 9.57. The van der Waals surface area contributed by atoms with E-state index >= 15 is 0 Å². The summed E-state index contributed by atoms with van der Waals surface area (Å²) in [6, 6.07) is 0. The maximum Gasteiger partial charge on any atom is 0.271 e. The van der Waals surface area contributed by atoms with E-state index in [9.17, 15) is 4.79 Å². The lowest BCUT2D eigenvalue weighted by Crippen LogP contribution is -2.31. The normalized spacial score (nSPS) is 13.9. The van der Waals surface area contributed by atoms with Crippen molar-refractivity contribution in [2.24, 2.45) is 7.05 Å². The second-order valence-electron chi connectivity index (χ2n) is 5.75. The van der Waals surface area contributed by atoms with E-state index in [2.05, 4.69) is 29.7 Å². The summed E-state index contributed by atoms with van der Waals surface area (Å²) < 4.78 is 3.61. The van der Waals surface area contributed by atoms with Crippen molar-refractivity contribution in [2.75, 3.05) is 11.0 Å². The Hall–Kier alpha value is -1.63. The van der Waals surface area contributed by atoms with Crippen LogP contribution in [-0.2, 0) is 13.5 Å². The number of aryl methyl sites for hydroxylation is 2. The third-order valence-electron chi connectivity index (χ3n) is 3.77. The number of hydrogen-bond donors (Lipinski definition) is 2. The van der Waals surface area contributed by atoms with Crippen molar-refractivity contribution >= 4 is 23.5 Å². The molecule has 0 radical (unpaired) electrons. The average Bonchev–Trinajstić information content (AvgIpc) is 3.09. The van der Waals surface area contributed by atoms with Crippen LogP contribution in [0.3, 0.4) is 0 Å². The Morgan fingerprint density at radius 2 is 2.13 bits per heavy atom. The van der Waals surface area contributed by atoms with Crippen LogP contribution in [0.1, 0.15) is 62.6 Å². The molecular formula is C16H27N5OS. The first-order valence-electron chi connectivity index (χ1n) is 8.32. The van der Waals surface area contributed by atoms with Crippen molar-refractivity contribution in [3.05, 3.63) is 22.5 Å². The first kappa shape index (κ1) is 17.7. The van der Waals surface area contributed by atoms with Gasteiger partial charge < -0.3 is 5.32 Å². The molecule has 2 rings (SSSR count). The average molecular weight is 337 g/mol. The van der Waals surface area contributed by atoms with E-state index < -0.39 is 0 Å². The maximum absolute atomic E-state index is 12.6. The number of carbonyl (C=O) groups excluding carboxylic acids is 1. The van der Waals surface area contributed by atoms with Gasteiger partial charge in [-0.1, -0.05) is 33.1 Å². The summed E-state index contributed by atoms with van der Waals surface area (Å²) in [6.07, 6.45) is 5.37. The number of amides is 1. The monoisotopic (exact) mass is 337 g/mol. The third kappa shape index (κ3) is 4.22. The number of carbonyl (C=O) groups is 1. The zero-order valence-electron chi connectivity index (χ0n) is 14.5. The van der Waals surface area contributed by atoms with Gasteiger partial charge in [-0.2, -0.15) is 5.10 Å². The Labute approximate surface area is 142 Å². The van der Waals surface area contributed by atoms with Gasteiger partial charge in [0.25, 0.3) is 5.91 Å². The minimum atomic E-state index is -0.0573. The summed E-state index contributed by atoms with van der Waals surface area (Å²) >= 11 is 1.54. The van der Waals surface area contributed by atoms with Crippen LogP contribution in [0.4, 0.5) is 5.69 Å². The number of nitrogens with zero attached hydrogens (tertiary/aromatic N) is 3. The van der Waals surface area contributed by atoms with Crippen LogP contribution in [-0.4, -0.2) is 22.2 Å². The first-order valence-corrected chi connectivity index (χ1v) is 9.16. The van der Waals surface area contributed by atoms with Crippen LogP contribution in [0.5, 0.6) is 0 Å². The molecule has 128 valence electrons. The molecule has 0 atom stereocenters. The van der Waals surface area contributed by atoms with Gasteiger partial charge in [-0.15, -0.1) is 0 Å². The largest absolute Gasteiger partial charge is 0.351 e. The van der Waals surface area contributed by atoms with Crippen LogP contribution in [0.2, 0.25) is 0 Å². The second kappa shape index (κ2) is 8.29. The number of nitrogens with one attached hydrogen (secondary N) is 2. The molecule has 6 nitrogen and oxygen atoms in total. The van der Waals surface area contributed by atoms with Gasteiger partial charge in [-0.3, -0.25) is 14.9 Å². The predicted molar refractivity (Wildman–Crippen MR) is 96.0 cm³/mol. The number of unbranched alkanes of at least 4 members (excludes halogenated alkanes) is 3. The van der Waals surface area contributed by atoms with Crippen LogP contribution in [0.15, 0.2) is 11.1 Å². The predicted octanol–water partition coefficient (Wildman–Crippen LogP) is 3.13. The Balaban J connectivity index is 2.11. The molecule has 0 unspecified atom stereocenters. The number of allylic oxidation sites excluding steroid dienone is 1. The lowest BCUT2D eigenvalue weighted by atomic mass is 10.2. The van der Waals surface area contributed by atoms with Gasteiger partial charge in [0, 0.05) is 36.6 Å². The van der Waals surface area contributed by atoms with Gasteiger partial charge >= 0.3 is 0 Å². The van der Waals surface area contributed by atoms with E-state index in [4.69, 9.17) is 0 Å². The lowest BCUT2D eigenvalue weighted by Gasteiger charge is -2.19.